The van der Waals surface area contributed by atoms with Gasteiger partial charge in [0, 0.05) is 0 Å². The Balaban J connectivity index is 3.01. The summed E-state index contributed by atoms with van der Waals surface area (Å²) in [6.07, 6.45) is -4.85. The van der Waals surface area contributed by atoms with Crippen LogP contribution < -0.4 is 4.74 Å². The van der Waals surface area contributed by atoms with Gasteiger partial charge in [-0.2, -0.15) is 0 Å². The molecule has 0 N–H and O–H groups in total. The molecule has 0 aliphatic heterocycles. The van der Waals surface area contributed by atoms with Crippen LogP contribution >= 0.6 is 0 Å². The zero-order valence-corrected chi connectivity index (χ0v) is 6.51. The standard InChI is InChI=1S/C7H3F4NO2/c8-5-2-1-4(3-13)12-6(5)14-7(9,10)11/h1-3H. The molecule has 0 saturated heterocycles. The third-order valence-corrected chi connectivity index (χ3v) is 1.17. The molecule has 0 unspecified atom stereocenters. The molecule has 0 aliphatic carbocycles. The van der Waals surface area contributed by atoms with Gasteiger partial charge in [-0.05, 0) is 12.1 Å². The molecule has 0 bridgehead atoms. The van der Waals surface area contributed by atoms with Gasteiger partial charge in [0.1, 0.15) is 5.69 Å². The van der Waals surface area contributed by atoms with Crippen LogP contribution in [0, 0.1) is 5.82 Å². The molecule has 0 aromatic carbocycles. The number of halogens is 4. The Kier molecular flexibility index (Phi) is 2.68. The monoisotopic (exact) mass is 209 g/mol. The predicted octanol–water partition coefficient (Wildman–Crippen LogP) is 1.93. The van der Waals surface area contributed by atoms with Crippen LogP contribution in [0.25, 0.3) is 0 Å². The van der Waals surface area contributed by atoms with E-state index in [-0.39, 0.29) is 12.0 Å². The summed E-state index contributed by atoms with van der Waals surface area (Å²) in [5.74, 6) is -2.55. The van der Waals surface area contributed by atoms with E-state index in [1.807, 2.05) is 0 Å². The molecule has 0 saturated carbocycles. The molecule has 14 heavy (non-hydrogen) atoms. The Labute approximate surface area is 75.3 Å². The predicted molar refractivity (Wildman–Crippen MR) is 36.3 cm³/mol. The summed E-state index contributed by atoms with van der Waals surface area (Å²) in [5.41, 5.74) is -0.342. The van der Waals surface area contributed by atoms with E-state index < -0.39 is 18.1 Å². The van der Waals surface area contributed by atoms with Crippen molar-refractivity contribution in [2.75, 3.05) is 0 Å². The summed E-state index contributed by atoms with van der Waals surface area (Å²) < 4.78 is 50.8. The van der Waals surface area contributed by atoms with Crippen molar-refractivity contribution in [2.45, 2.75) is 6.36 Å². The van der Waals surface area contributed by atoms with Gasteiger partial charge >= 0.3 is 6.36 Å². The summed E-state index contributed by atoms with van der Waals surface area (Å²) in [6.45, 7) is 0. The van der Waals surface area contributed by atoms with Crippen molar-refractivity contribution in [3.05, 3.63) is 23.6 Å². The van der Waals surface area contributed by atoms with Gasteiger partial charge in [0.25, 0.3) is 5.88 Å². The topological polar surface area (TPSA) is 39.2 Å². The molecule has 1 rings (SSSR count). The molecule has 76 valence electrons. The van der Waals surface area contributed by atoms with E-state index >= 15 is 0 Å². The number of carbonyl (C=O) groups excluding carboxylic acids is 1. The fourth-order valence-electron chi connectivity index (χ4n) is 0.685. The largest absolute Gasteiger partial charge is 0.574 e. The van der Waals surface area contributed by atoms with E-state index in [4.69, 9.17) is 0 Å². The van der Waals surface area contributed by atoms with Crippen molar-refractivity contribution in [3.63, 3.8) is 0 Å². The van der Waals surface area contributed by atoms with Crippen molar-refractivity contribution < 1.29 is 27.1 Å². The second-order valence-electron chi connectivity index (χ2n) is 2.19. The lowest BCUT2D eigenvalue weighted by atomic mass is 10.4. The molecule has 0 atom stereocenters. The number of ether oxygens (including phenoxy) is 1. The van der Waals surface area contributed by atoms with Crippen molar-refractivity contribution in [3.8, 4) is 5.88 Å². The molecule has 0 radical (unpaired) electrons. The van der Waals surface area contributed by atoms with Crippen LogP contribution in [-0.2, 0) is 0 Å². The van der Waals surface area contributed by atoms with Crippen LogP contribution in [0.5, 0.6) is 5.88 Å². The minimum atomic E-state index is -5.03. The number of aldehydes is 1. The molecular weight excluding hydrogens is 206 g/mol. The van der Waals surface area contributed by atoms with Gasteiger partial charge in [0.2, 0.25) is 0 Å². The molecular formula is C7H3F4NO2. The second-order valence-corrected chi connectivity index (χ2v) is 2.19. The Morgan fingerprint density at radius 1 is 1.36 bits per heavy atom. The maximum Gasteiger partial charge on any atom is 0.574 e. The van der Waals surface area contributed by atoms with Gasteiger partial charge in [-0.15, -0.1) is 13.2 Å². The Morgan fingerprint density at radius 3 is 2.50 bits per heavy atom. The van der Waals surface area contributed by atoms with Crippen LogP contribution in [0.3, 0.4) is 0 Å². The maximum absolute atomic E-state index is 12.6. The third-order valence-electron chi connectivity index (χ3n) is 1.17. The highest BCUT2D eigenvalue weighted by atomic mass is 19.4. The average molecular weight is 209 g/mol. The van der Waals surface area contributed by atoms with Crippen molar-refractivity contribution in [1.82, 2.24) is 4.98 Å². The average Bonchev–Trinajstić information content (AvgIpc) is 2.06. The van der Waals surface area contributed by atoms with E-state index in [9.17, 15) is 22.4 Å². The number of hydrogen-bond acceptors (Lipinski definition) is 3. The number of pyridine rings is 1. The number of aromatic nitrogens is 1. The van der Waals surface area contributed by atoms with Crippen molar-refractivity contribution in [2.24, 2.45) is 0 Å². The van der Waals surface area contributed by atoms with Crippen LogP contribution in [0.1, 0.15) is 10.5 Å². The van der Waals surface area contributed by atoms with E-state index in [2.05, 4.69) is 9.72 Å². The molecule has 3 nitrogen and oxygen atoms in total. The Bertz CT molecular complexity index is 350. The molecule has 1 heterocycles. The van der Waals surface area contributed by atoms with Gasteiger partial charge in [-0.1, -0.05) is 0 Å². The minimum Gasteiger partial charge on any atom is -0.385 e. The lowest BCUT2D eigenvalue weighted by Gasteiger charge is -2.08. The summed E-state index contributed by atoms with van der Waals surface area (Å²) in [4.78, 5) is 13.1. The summed E-state index contributed by atoms with van der Waals surface area (Å²) in [5, 5.41) is 0. The molecule has 0 amide bonds. The highest BCUT2D eigenvalue weighted by Crippen LogP contribution is 2.23. The highest BCUT2D eigenvalue weighted by Gasteiger charge is 2.33. The first-order chi connectivity index (χ1) is 6.42. The summed E-state index contributed by atoms with van der Waals surface area (Å²) in [6, 6.07) is 1.60. The van der Waals surface area contributed by atoms with Crippen LogP contribution in [0.4, 0.5) is 17.6 Å². The smallest absolute Gasteiger partial charge is 0.385 e. The van der Waals surface area contributed by atoms with Gasteiger partial charge in [0.05, 0.1) is 0 Å². The Morgan fingerprint density at radius 2 is 2.00 bits per heavy atom. The molecule has 0 aliphatic rings. The minimum absolute atomic E-state index is 0.183. The molecule has 1 aromatic rings. The first-order valence-corrected chi connectivity index (χ1v) is 3.30. The first kappa shape index (κ1) is 10.4. The van der Waals surface area contributed by atoms with Gasteiger partial charge in [-0.25, -0.2) is 9.37 Å². The van der Waals surface area contributed by atoms with Gasteiger partial charge < -0.3 is 4.74 Å². The first-order valence-electron chi connectivity index (χ1n) is 3.30. The normalized spacial score (nSPS) is 11.1. The molecule has 0 fully saturated rings. The zero-order chi connectivity index (χ0) is 10.8. The highest BCUT2D eigenvalue weighted by molar-refractivity contribution is 5.71. The zero-order valence-electron chi connectivity index (χ0n) is 6.51. The summed E-state index contributed by atoms with van der Waals surface area (Å²) >= 11 is 0. The quantitative estimate of drug-likeness (QED) is 0.551. The Hall–Kier alpha value is -1.66. The van der Waals surface area contributed by atoms with E-state index in [1.54, 1.807) is 0 Å². The number of nitrogens with zero attached hydrogens (tertiary/aromatic N) is 1. The van der Waals surface area contributed by atoms with Crippen molar-refractivity contribution in [1.29, 1.82) is 0 Å². The lowest BCUT2D eigenvalue weighted by molar-refractivity contribution is -0.277. The van der Waals surface area contributed by atoms with Crippen LogP contribution in [-0.4, -0.2) is 17.6 Å². The molecule has 7 heteroatoms. The van der Waals surface area contributed by atoms with E-state index in [1.165, 1.54) is 0 Å². The van der Waals surface area contributed by atoms with Crippen molar-refractivity contribution >= 4 is 6.29 Å². The third kappa shape index (κ3) is 2.68. The number of rotatable bonds is 2. The number of alkyl halides is 3. The fourth-order valence-corrected chi connectivity index (χ4v) is 0.685. The summed E-state index contributed by atoms with van der Waals surface area (Å²) in [7, 11) is 0. The second kappa shape index (κ2) is 3.60. The van der Waals surface area contributed by atoms with Crippen LogP contribution in [0.2, 0.25) is 0 Å². The number of hydrogen-bond donors (Lipinski definition) is 0. The fraction of sp³-hybridized carbons (Fsp3) is 0.143. The van der Waals surface area contributed by atoms with Crippen LogP contribution in [0.15, 0.2) is 12.1 Å². The van der Waals surface area contributed by atoms with E-state index in [0.717, 1.165) is 6.07 Å². The van der Waals surface area contributed by atoms with E-state index in [0.29, 0.717) is 6.07 Å². The molecule has 0 spiro atoms. The van der Waals surface area contributed by atoms with Gasteiger partial charge in [0.15, 0.2) is 12.1 Å². The van der Waals surface area contributed by atoms with Gasteiger partial charge in [-0.3, -0.25) is 4.79 Å². The SMILES string of the molecule is O=Cc1ccc(F)c(OC(F)(F)F)n1. The molecule has 1 aromatic heterocycles. The lowest BCUT2D eigenvalue weighted by Crippen LogP contribution is -2.19. The maximum atomic E-state index is 12.6. The number of carbonyl (C=O) groups is 1.